The van der Waals surface area contributed by atoms with Crippen LogP contribution in [-0.4, -0.2) is 24.0 Å². The normalized spacial score (nSPS) is 14.9. The van der Waals surface area contributed by atoms with Gasteiger partial charge in [-0.2, -0.15) is 0 Å². The molecular weight excluding hydrogens is 298 g/mol. The molecule has 0 saturated heterocycles. The second kappa shape index (κ2) is 7.27. The summed E-state index contributed by atoms with van der Waals surface area (Å²) in [6, 6.07) is 1.95. The number of hydrogen-bond donors (Lipinski definition) is 1. The quantitative estimate of drug-likeness (QED) is 0.667. The summed E-state index contributed by atoms with van der Waals surface area (Å²) in [5, 5.41) is 2.86. The lowest BCUT2D eigenvalue weighted by molar-refractivity contribution is -0.125. The monoisotopic (exact) mass is 323 g/mol. The molecule has 0 saturated carbocycles. The van der Waals surface area contributed by atoms with Gasteiger partial charge in [0.1, 0.15) is 4.88 Å². The lowest BCUT2D eigenvalue weighted by Crippen LogP contribution is -2.44. The van der Waals surface area contributed by atoms with E-state index in [4.69, 9.17) is 4.74 Å². The number of carbonyl (C=O) groups is 2. The number of carbonyl (C=O) groups excluding carboxylic acids is 2. The molecule has 1 aromatic rings. The highest BCUT2D eigenvalue weighted by Gasteiger charge is 2.21. The van der Waals surface area contributed by atoms with Crippen molar-refractivity contribution in [1.82, 2.24) is 5.32 Å². The highest BCUT2D eigenvalue weighted by atomic mass is 32.1. The predicted octanol–water partition coefficient (Wildman–Crippen LogP) is 3.48. The van der Waals surface area contributed by atoms with E-state index in [0.29, 0.717) is 4.88 Å². The maximum absolute atomic E-state index is 12.1. The molecule has 0 spiro atoms. The molecule has 0 unspecified atom stereocenters. The van der Waals surface area contributed by atoms with Crippen molar-refractivity contribution < 1.29 is 14.3 Å². The number of fused-ring (bicyclic) bond motifs is 1. The van der Waals surface area contributed by atoms with Gasteiger partial charge in [-0.25, -0.2) is 4.79 Å². The minimum atomic E-state index is -0.387. The third kappa shape index (κ3) is 4.57. The van der Waals surface area contributed by atoms with Crippen LogP contribution in [0.4, 0.5) is 0 Å². The van der Waals surface area contributed by atoms with Crippen molar-refractivity contribution in [3.63, 3.8) is 0 Å². The first kappa shape index (κ1) is 17.0. The first-order valence-corrected chi connectivity index (χ1v) is 8.82. The minimum absolute atomic E-state index is 0.217. The van der Waals surface area contributed by atoms with Crippen LogP contribution in [0.1, 0.15) is 66.6 Å². The highest BCUT2D eigenvalue weighted by Crippen LogP contribution is 2.29. The van der Waals surface area contributed by atoms with E-state index in [-0.39, 0.29) is 24.0 Å². The van der Waals surface area contributed by atoms with Crippen LogP contribution in [0.15, 0.2) is 6.07 Å². The summed E-state index contributed by atoms with van der Waals surface area (Å²) in [5.41, 5.74) is 1.01. The van der Waals surface area contributed by atoms with Gasteiger partial charge in [0.2, 0.25) is 0 Å². The lowest BCUT2D eigenvalue weighted by Gasteiger charge is -2.24. The second-order valence-electron chi connectivity index (χ2n) is 6.48. The molecule has 122 valence electrons. The molecule has 0 radical (unpaired) electrons. The molecule has 2 rings (SSSR count). The Morgan fingerprint density at radius 3 is 2.73 bits per heavy atom. The van der Waals surface area contributed by atoms with E-state index in [1.165, 1.54) is 41.0 Å². The van der Waals surface area contributed by atoms with Gasteiger partial charge in [0, 0.05) is 10.4 Å². The van der Waals surface area contributed by atoms with Gasteiger partial charge in [0.15, 0.2) is 6.61 Å². The van der Waals surface area contributed by atoms with Crippen LogP contribution in [0.3, 0.4) is 0 Å². The van der Waals surface area contributed by atoms with Crippen molar-refractivity contribution in [2.75, 3.05) is 6.61 Å². The van der Waals surface area contributed by atoms with Crippen molar-refractivity contribution in [3.05, 3.63) is 21.4 Å². The van der Waals surface area contributed by atoms with Crippen LogP contribution in [0.5, 0.6) is 0 Å². The zero-order chi connectivity index (χ0) is 16.2. The molecule has 0 aliphatic heterocycles. The number of ether oxygens (including phenoxy) is 1. The van der Waals surface area contributed by atoms with Crippen molar-refractivity contribution in [1.29, 1.82) is 0 Å². The van der Waals surface area contributed by atoms with Crippen LogP contribution >= 0.6 is 11.3 Å². The van der Waals surface area contributed by atoms with Crippen molar-refractivity contribution in [2.45, 2.75) is 64.8 Å². The first-order valence-electron chi connectivity index (χ1n) is 8.01. The molecule has 0 atom stereocenters. The number of thiophene rings is 1. The van der Waals surface area contributed by atoms with Crippen LogP contribution in [0.2, 0.25) is 0 Å². The minimum Gasteiger partial charge on any atom is -0.451 e. The molecular formula is C17H25NO3S. The number of amides is 1. The maximum atomic E-state index is 12.1. The van der Waals surface area contributed by atoms with Gasteiger partial charge >= 0.3 is 5.97 Å². The first-order chi connectivity index (χ1) is 10.4. The number of esters is 1. The van der Waals surface area contributed by atoms with Gasteiger partial charge < -0.3 is 10.1 Å². The Morgan fingerprint density at radius 1 is 1.27 bits per heavy atom. The zero-order valence-corrected chi connectivity index (χ0v) is 14.5. The van der Waals surface area contributed by atoms with E-state index in [9.17, 15) is 9.59 Å². The van der Waals surface area contributed by atoms with Crippen LogP contribution in [-0.2, 0) is 22.4 Å². The van der Waals surface area contributed by atoms with E-state index in [2.05, 4.69) is 5.32 Å². The number of rotatable bonds is 5. The van der Waals surface area contributed by atoms with E-state index in [0.717, 1.165) is 19.3 Å². The molecule has 5 heteroatoms. The molecule has 4 nitrogen and oxygen atoms in total. The summed E-state index contributed by atoms with van der Waals surface area (Å²) >= 11 is 1.52. The average Bonchev–Trinajstić information content (AvgIpc) is 2.75. The number of nitrogens with one attached hydrogen (secondary N) is 1. The largest absolute Gasteiger partial charge is 0.451 e. The topological polar surface area (TPSA) is 55.4 Å². The summed E-state index contributed by atoms with van der Waals surface area (Å²) < 4.78 is 5.15. The standard InChI is InChI=1S/C17H25NO3S/c1-4-17(2,3)18-15(19)11-21-16(20)14-10-12-8-6-5-7-9-13(12)22-14/h10H,4-9,11H2,1-3H3,(H,18,19). The summed E-state index contributed by atoms with van der Waals surface area (Å²) in [4.78, 5) is 25.8. The summed E-state index contributed by atoms with van der Waals surface area (Å²) in [5.74, 6) is -0.638. The predicted molar refractivity (Wildman–Crippen MR) is 88.4 cm³/mol. The summed E-state index contributed by atoms with van der Waals surface area (Å²) in [6.45, 7) is 5.68. The Bertz CT molecular complexity index is 525. The van der Waals surface area contributed by atoms with Crippen molar-refractivity contribution in [3.8, 4) is 0 Å². The lowest BCUT2D eigenvalue weighted by atomic mass is 10.0. The Labute approximate surface area is 136 Å². The fourth-order valence-electron chi connectivity index (χ4n) is 2.47. The molecule has 1 aromatic heterocycles. The van der Waals surface area contributed by atoms with Gasteiger partial charge in [0.25, 0.3) is 5.91 Å². The highest BCUT2D eigenvalue weighted by molar-refractivity contribution is 7.14. The van der Waals surface area contributed by atoms with E-state index in [1.54, 1.807) is 0 Å². The fourth-order valence-corrected chi connectivity index (χ4v) is 3.62. The van der Waals surface area contributed by atoms with Crippen molar-refractivity contribution >= 4 is 23.2 Å². The molecule has 1 amide bonds. The van der Waals surface area contributed by atoms with E-state index in [1.807, 2.05) is 26.8 Å². The van der Waals surface area contributed by atoms with E-state index < -0.39 is 0 Å². The Hall–Kier alpha value is -1.36. The third-order valence-electron chi connectivity index (χ3n) is 4.14. The number of hydrogen-bond acceptors (Lipinski definition) is 4. The van der Waals surface area contributed by atoms with Gasteiger partial charge in [-0.3, -0.25) is 4.79 Å². The van der Waals surface area contributed by atoms with Crippen LogP contribution in [0.25, 0.3) is 0 Å². The summed E-state index contributed by atoms with van der Waals surface area (Å²) in [6.07, 6.45) is 6.56. The van der Waals surface area contributed by atoms with Gasteiger partial charge in [-0.1, -0.05) is 13.3 Å². The van der Waals surface area contributed by atoms with E-state index >= 15 is 0 Å². The van der Waals surface area contributed by atoms with Gasteiger partial charge in [-0.15, -0.1) is 11.3 Å². The van der Waals surface area contributed by atoms with Crippen LogP contribution < -0.4 is 5.32 Å². The molecule has 1 heterocycles. The van der Waals surface area contributed by atoms with Gasteiger partial charge in [-0.05, 0) is 57.6 Å². The molecule has 1 aliphatic carbocycles. The SMILES string of the molecule is CCC(C)(C)NC(=O)COC(=O)c1cc2c(s1)CCCCC2. The van der Waals surface area contributed by atoms with Crippen molar-refractivity contribution in [2.24, 2.45) is 0 Å². The molecule has 1 N–H and O–H groups in total. The molecule has 0 fully saturated rings. The molecule has 22 heavy (non-hydrogen) atoms. The third-order valence-corrected chi connectivity index (χ3v) is 5.36. The summed E-state index contributed by atoms with van der Waals surface area (Å²) in [7, 11) is 0. The molecule has 1 aliphatic rings. The number of aryl methyl sites for hydroxylation is 2. The Morgan fingerprint density at radius 2 is 2.00 bits per heavy atom. The zero-order valence-electron chi connectivity index (χ0n) is 13.7. The van der Waals surface area contributed by atoms with Crippen LogP contribution in [0, 0.1) is 0 Å². The Balaban J connectivity index is 1.89. The fraction of sp³-hybridized carbons (Fsp3) is 0.647. The Kier molecular flexibility index (Phi) is 5.62. The second-order valence-corrected chi connectivity index (χ2v) is 7.62. The average molecular weight is 323 g/mol. The van der Waals surface area contributed by atoms with Gasteiger partial charge in [0.05, 0.1) is 0 Å². The molecule has 0 aromatic carbocycles. The molecule has 0 bridgehead atoms. The maximum Gasteiger partial charge on any atom is 0.348 e. The smallest absolute Gasteiger partial charge is 0.348 e.